The van der Waals surface area contributed by atoms with Gasteiger partial charge in [0.05, 0.1) is 18.2 Å². The number of aromatic amines is 1. The Morgan fingerprint density at radius 3 is 2.79 bits per heavy atom. The lowest BCUT2D eigenvalue weighted by atomic mass is 9.85. The van der Waals surface area contributed by atoms with Gasteiger partial charge in [0.25, 0.3) is 0 Å². The Labute approximate surface area is 160 Å². The number of pyridine rings is 1. The summed E-state index contributed by atoms with van der Waals surface area (Å²) in [7, 11) is 0. The van der Waals surface area contributed by atoms with Crippen molar-refractivity contribution in [3.05, 3.63) is 36.0 Å². The molecule has 0 unspecified atom stereocenters. The number of anilines is 1. The van der Waals surface area contributed by atoms with Crippen LogP contribution in [0.15, 0.2) is 24.7 Å². The fourth-order valence-corrected chi connectivity index (χ4v) is 2.76. The van der Waals surface area contributed by atoms with Gasteiger partial charge in [0.2, 0.25) is 0 Å². The quantitative estimate of drug-likeness (QED) is 0.617. The van der Waals surface area contributed by atoms with Gasteiger partial charge in [-0.25, -0.2) is 19.3 Å². The Morgan fingerprint density at radius 2 is 2.14 bits per heavy atom. The van der Waals surface area contributed by atoms with Crippen molar-refractivity contribution in [2.75, 3.05) is 5.32 Å². The van der Waals surface area contributed by atoms with Crippen LogP contribution in [-0.4, -0.2) is 37.1 Å². The third-order valence-electron chi connectivity index (χ3n) is 4.38. The zero-order valence-corrected chi connectivity index (χ0v) is 15.6. The van der Waals surface area contributed by atoms with Gasteiger partial charge in [-0.3, -0.25) is 4.79 Å². The summed E-state index contributed by atoms with van der Waals surface area (Å²) >= 11 is 0. The first-order valence-corrected chi connectivity index (χ1v) is 8.57. The SMILES string of the molecule is CC(C)(C)[C@@H](CC(=O)O)Nc1nc(-c2c[nH]c3ncc(C#N)cc23)ncc1F. The lowest BCUT2D eigenvalue weighted by molar-refractivity contribution is -0.137. The van der Waals surface area contributed by atoms with Crippen molar-refractivity contribution >= 4 is 22.8 Å². The van der Waals surface area contributed by atoms with Gasteiger partial charge in [-0.05, 0) is 11.5 Å². The number of nitriles is 1. The zero-order valence-electron chi connectivity index (χ0n) is 15.6. The van der Waals surface area contributed by atoms with E-state index in [2.05, 4.69) is 25.3 Å². The van der Waals surface area contributed by atoms with Crippen molar-refractivity contribution in [3.8, 4) is 17.5 Å². The molecule has 0 bridgehead atoms. The maximum Gasteiger partial charge on any atom is 0.305 e. The number of aromatic nitrogens is 4. The van der Waals surface area contributed by atoms with E-state index in [1.165, 1.54) is 6.20 Å². The van der Waals surface area contributed by atoms with Crippen LogP contribution in [0.4, 0.5) is 10.2 Å². The van der Waals surface area contributed by atoms with Crippen LogP contribution in [0.1, 0.15) is 32.8 Å². The molecule has 3 heterocycles. The summed E-state index contributed by atoms with van der Waals surface area (Å²) in [6.45, 7) is 5.59. The first-order valence-electron chi connectivity index (χ1n) is 8.57. The summed E-state index contributed by atoms with van der Waals surface area (Å²) in [4.78, 5) is 26.6. The predicted octanol–water partition coefficient (Wildman–Crippen LogP) is 3.33. The minimum atomic E-state index is -0.992. The van der Waals surface area contributed by atoms with Crippen LogP contribution in [0, 0.1) is 22.6 Å². The molecule has 9 heteroatoms. The van der Waals surface area contributed by atoms with Gasteiger partial charge in [0, 0.05) is 29.4 Å². The second-order valence-corrected chi connectivity index (χ2v) is 7.49. The molecule has 144 valence electrons. The molecule has 0 aliphatic carbocycles. The molecule has 3 aromatic rings. The van der Waals surface area contributed by atoms with E-state index < -0.39 is 23.2 Å². The number of halogens is 1. The van der Waals surface area contributed by atoms with E-state index in [9.17, 15) is 9.18 Å². The highest BCUT2D eigenvalue weighted by Crippen LogP contribution is 2.29. The van der Waals surface area contributed by atoms with Crippen LogP contribution in [0.3, 0.4) is 0 Å². The predicted molar refractivity (Wildman–Crippen MR) is 101 cm³/mol. The van der Waals surface area contributed by atoms with E-state index in [-0.39, 0.29) is 18.1 Å². The lowest BCUT2D eigenvalue weighted by Crippen LogP contribution is -2.36. The highest BCUT2D eigenvalue weighted by molar-refractivity contribution is 5.92. The first-order chi connectivity index (χ1) is 13.2. The minimum absolute atomic E-state index is 0.0788. The standard InChI is InChI=1S/C19H19FN6O2/c1-19(2,3)14(5-15(27)28)25-18-13(20)9-24-17(26-18)12-8-23-16-11(12)4-10(6-21)7-22-16/h4,7-9,14H,5H2,1-3H3,(H,22,23)(H,27,28)(H,24,25,26)/t14-/m1/s1. The summed E-state index contributed by atoms with van der Waals surface area (Å²) in [6, 6.07) is 3.13. The summed E-state index contributed by atoms with van der Waals surface area (Å²) in [5, 5.41) is 21.8. The maximum absolute atomic E-state index is 14.3. The number of nitrogens with zero attached hydrogens (tertiary/aromatic N) is 4. The molecule has 0 spiro atoms. The molecule has 0 amide bonds. The minimum Gasteiger partial charge on any atom is -0.481 e. The highest BCUT2D eigenvalue weighted by atomic mass is 19.1. The Morgan fingerprint density at radius 1 is 1.39 bits per heavy atom. The van der Waals surface area contributed by atoms with Crippen LogP contribution in [0.25, 0.3) is 22.4 Å². The Kier molecular flexibility index (Phi) is 4.96. The third-order valence-corrected chi connectivity index (χ3v) is 4.38. The zero-order chi connectivity index (χ0) is 20.5. The number of hydrogen-bond acceptors (Lipinski definition) is 6. The van der Waals surface area contributed by atoms with Crippen molar-refractivity contribution in [2.45, 2.75) is 33.2 Å². The Bertz CT molecular complexity index is 1080. The fourth-order valence-electron chi connectivity index (χ4n) is 2.76. The molecule has 0 saturated carbocycles. The van der Waals surface area contributed by atoms with E-state index in [0.29, 0.717) is 22.2 Å². The number of carboxylic acid groups (broad SMARTS) is 1. The summed E-state index contributed by atoms with van der Waals surface area (Å²) in [5.41, 5.74) is 1.05. The van der Waals surface area contributed by atoms with E-state index in [0.717, 1.165) is 6.20 Å². The van der Waals surface area contributed by atoms with Gasteiger partial charge in [-0.2, -0.15) is 5.26 Å². The number of H-pyrrole nitrogens is 1. The molecule has 3 N–H and O–H groups in total. The monoisotopic (exact) mass is 382 g/mol. The molecule has 3 aromatic heterocycles. The lowest BCUT2D eigenvalue weighted by Gasteiger charge is -2.30. The van der Waals surface area contributed by atoms with Gasteiger partial charge in [0.1, 0.15) is 11.7 Å². The smallest absolute Gasteiger partial charge is 0.305 e. The molecule has 0 aromatic carbocycles. The van der Waals surface area contributed by atoms with Crippen LogP contribution in [-0.2, 0) is 4.79 Å². The van der Waals surface area contributed by atoms with Crippen LogP contribution >= 0.6 is 0 Å². The van der Waals surface area contributed by atoms with Crippen molar-refractivity contribution in [2.24, 2.45) is 5.41 Å². The molecule has 0 saturated heterocycles. The van der Waals surface area contributed by atoms with E-state index in [1.807, 2.05) is 26.8 Å². The number of aliphatic carboxylic acids is 1. The molecular formula is C19H19FN6O2. The molecular weight excluding hydrogens is 363 g/mol. The summed E-state index contributed by atoms with van der Waals surface area (Å²) in [6.07, 6.45) is 3.92. The number of fused-ring (bicyclic) bond motifs is 1. The molecule has 8 nitrogen and oxygen atoms in total. The van der Waals surface area contributed by atoms with E-state index in [4.69, 9.17) is 10.4 Å². The Balaban J connectivity index is 2.02. The average molecular weight is 382 g/mol. The number of rotatable bonds is 5. The van der Waals surface area contributed by atoms with Gasteiger partial charge in [-0.1, -0.05) is 20.8 Å². The number of hydrogen-bond donors (Lipinski definition) is 3. The Hall–Kier alpha value is -3.54. The molecule has 0 aliphatic rings. The largest absolute Gasteiger partial charge is 0.481 e. The maximum atomic E-state index is 14.3. The molecule has 0 aliphatic heterocycles. The molecule has 28 heavy (non-hydrogen) atoms. The number of carboxylic acids is 1. The van der Waals surface area contributed by atoms with E-state index >= 15 is 0 Å². The van der Waals surface area contributed by atoms with Gasteiger partial charge in [-0.15, -0.1) is 0 Å². The second kappa shape index (κ2) is 7.23. The first kappa shape index (κ1) is 19.2. The molecule has 3 rings (SSSR count). The van der Waals surface area contributed by atoms with Crippen molar-refractivity contribution in [1.29, 1.82) is 5.26 Å². The third kappa shape index (κ3) is 3.91. The molecule has 1 atom stereocenters. The van der Waals surface area contributed by atoms with Crippen molar-refractivity contribution in [1.82, 2.24) is 19.9 Å². The number of nitrogens with one attached hydrogen (secondary N) is 2. The van der Waals surface area contributed by atoms with Crippen LogP contribution < -0.4 is 5.32 Å². The van der Waals surface area contributed by atoms with Gasteiger partial charge >= 0.3 is 5.97 Å². The normalized spacial score (nSPS) is 12.5. The van der Waals surface area contributed by atoms with Gasteiger partial charge in [0.15, 0.2) is 17.5 Å². The highest BCUT2D eigenvalue weighted by Gasteiger charge is 2.28. The van der Waals surface area contributed by atoms with Gasteiger partial charge < -0.3 is 15.4 Å². The summed E-state index contributed by atoms with van der Waals surface area (Å²) < 4.78 is 14.3. The molecule has 0 radical (unpaired) electrons. The fraction of sp³-hybridized carbons (Fsp3) is 0.316. The van der Waals surface area contributed by atoms with Crippen molar-refractivity contribution in [3.63, 3.8) is 0 Å². The van der Waals surface area contributed by atoms with E-state index in [1.54, 1.807) is 12.3 Å². The summed E-state index contributed by atoms with van der Waals surface area (Å²) in [5.74, 6) is -1.52. The number of carbonyl (C=O) groups is 1. The van der Waals surface area contributed by atoms with Crippen LogP contribution in [0.2, 0.25) is 0 Å². The van der Waals surface area contributed by atoms with Crippen molar-refractivity contribution < 1.29 is 14.3 Å². The topological polar surface area (TPSA) is 128 Å². The second-order valence-electron chi connectivity index (χ2n) is 7.49. The average Bonchev–Trinajstić information content (AvgIpc) is 3.04. The molecule has 0 fully saturated rings. The van der Waals surface area contributed by atoms with Crippen LogP contribution in [0.5, 0.6) is 0 Å².